The molecule has 0 aliphatic heterocycles. The molecule has 0 aliphatic carbocycles. The van der Waals surface area contributed by atoms with Gasteiger partial charge in [-0.1, -0.05) is 36.1 Å². The summed E-state index contributed by atoms with van der Waals surface area (Å²) in [6.07, 6.45) is 0. The summed E-state index contributed by atoms with van der Waals surface area (Å²) >= 11 is 0. The molecule has 26 heavy (non-hydrogen) atoms. The molecule has 0 spiro atoms. The maximum absolute atomic E-state index is 12.3. The van der Waals surface area contributed by atoms with Crippen LogP contribution < -0.4 is 15.8 Å². The molecule has 0 radical (unpaired) electrons. The number of primary amides is 1. The van der Waals surface area contributed by atoms with E-state index in [1.807, 2.05) is 18.2 Å². The Hall–Kier alpha value is -3.50. The van der Waals surface area contributed by atoms with Crippen molar-refractivity contribution in [3.8, 4) is 23.3 Å². The normalized spacial score (nSPS) is 10.8. The number of urea groups is 1. The van der Waals surface area contributed by atoms with E-state index in [0.29, 0.717) is 16.6 Å². The van der Waals surface area contributed by atoms with Gasteiger partial charge in [0.15, 0.2) is 0 Å². The minimum atomic E-state index is -0.695. The third kappa shape index (κ3) is 5.85. The smallest absolute Gasteiger partial charge is 0.313 e. The number of nitrogens with two attached hydrogens (primary N) is 1. The van der Waals surface area contributed by atoms with Gasteiger partial charge in [0.1, 0.15) is 18.0 Å². The van der Waals surface area contributed by atoms with Gasteiger partial charge in [-0.15, -0.1) is 0 Å². The lowest BCUT2D eigenvalue weighted by atomic mass is 10.2. The van der Waals surface area contributed by atoms with Crippen molar-refractivity contribution in [2.24, 2.45) is 5.73 Å². The van der Waals surface area contributed by atoms with Crippen molar-refractivity contribution < 1.29 is 19.5 Å². The highest BCUT2D eigenvalue weighted by Gasteiger charge is 2.13. The molecule has 0 heterocycles. The van der Waals surface area contributed by atoms with Crippen LogP contribution in [0.25, 0.3) is 0 Å². The van der Waals surface area contributed by atoms with Gasteiger partial charge in [0.25, 0.3) is 5.91 Å². The number of carbonyl (C=O) groups is 2. The Labute approximate surface area is 151 Å². The first-order chi connectivity index (χ1) is 12.5. The van der Waals surface area contributed by atoms with Gasteiger partial charge in [0.05, 0.1) is 6.04 Å². The summed E-state index contributed by atoms with van der Waals surface area (Å²) in [5.41, 5.74) is 5.23. The third-order valence-electron chi connectivity index (χ3n) is 3.20. The van der Waals surface area contributed by atoms with Gasteiger partial charge in [-0.2, -0.15) is 0 Å². The topological polar surface area (TPSA) is 105 Å². The van der Waals surface area contributed by atoms with E-state index in [1.54, 1.807) is 37.3 Å². The molecular formula is C19H19N3O4. The average molecular weight is 353 g/mol. The molecule has 2 rings (SSSR count). The van der Waals surface area contributed by atoms with Crippen LogP contribution in [-0.2, 0) is 0 Å². The molecular weight excluding hydrogens is 334 g/mol. The van der Waals surface area contributed by atoms with Crippen LogP contribution in [-0.4, -0.2) is 34.8 Å². The average Bonchev–Trinajstić information content (AvgIpc) is 2.61. The predicted octanol–water partition coefficient (Wildman–Crippen LogP) is 2.37. The van der Waals surface area contributed by atoms with Crippen LogP contribution in [0.4, 0.5) is 4.79 Å². The van der Waals surface area contributed by atoms with Crippen molar-refractivity contribution in [2.45, 2.75) is 13.0 Å². The highest BCUT2D eigenvalue weighted by atomic mass is 16.5. The SMILES string of the molecule is CC(C#CCN(O)C(=O)c1cccc(Oc2ccccc2)c1)NC(N)=O. The lowest BCUT2D eigenvalue weighted by Gasteiger charge is -2.13. The minimum Gasteiger partial charge on any atom is -0.457 e. The molecule has 0 aliphatic rings. The molecule has 0 bridgehead atoms. The number of ether oxygens (including phenoxy) is 1. The molecule has 3 amide bonds. The summed E-state index contributed by atoms with van der Waals surface area (Å²) in [5, 5.41) is 12.7. The van der Waals surface area contributed by atoms with Gasteiger partial charge in [0, 0.05) is 5.56 Å². The molecule has 2 aromatic carbocycles. The number of nitrogens with one attached hydrogen (secondary N) is 1. The van der Waals surface area contributed by atoms with Crippen LogP contribution in [0.5, 0.6) is 11.5 Å². The van der Waals surface area contributed by atoms with Crippen LogP contribution in [0.3, 0.4) is 0 Å². The van der Waals surface area contributed by atoms with E-state index < -0.39 is 18.0 Å². The van der Waals surface area contributed by atoms with E-state index in [-0.39, 0.29) is 12.1 Å². The Kier molecular flexibility index (Phi) is 6.60. The minimum absolute atomic E-state index is 0.215. The summed E-state index contributed by atoms with van der Waals surface area (Å²) in [4.78, 5) is 22.9. The number of hydrogen-bond acceptors (Lipinski definition) is 4. The molecule has 0 saturated carbocycles. The molecule has 4 N–H and O–H groups in total. The molecule has 1 unspecified atom stereocenters. The fourth-order valence-electron chi connectivity index (χ4n) is 2.06. The molecule has 7 nitrogen and oxygen atoms in total. The highest BCUT2D eigenvalue weighted by molar-refractivity contribution is 5.94. The quantitative estimate of drug-likeness (QED) is 0.436. The Bertz CT molecular complexity index is 827. The first-order valence-electron chi connectivity index (χ1n) is 7.84. The second-order valence-electron chi connectivity index (χ2n) is 5.36. The van der Waals surface area contributed by atoms with Crippen molar-refractivity contribution in [1.82, 2.24) is 10.4 Å². The van der Waals surface area contributed by atoms with Gasteiger partial charge < -0.3 is 15.8 Å². The maximum atomic E-state index is 12.3. The zero-order valence-corrected chi connectivity index (χ0v) is 14.2. The predicted molar refractivity (Wildman–Crippen MR) is 95.7 cm³/mol. The first kappa shape index (κ1) is 18.8. The van der Waals surface area contributed by atoms with Gasteiger partial charge in [-0.25, -0.2) is 9.86 Å². The standard InChI is InChI=1S/C19H19N3O4/c1-14(21-19(20)24)7-6-12-22(25)18(23)15-8-5-11-17(13-15)26-16-9-3-2-4-10-16/h2-5,8-11,13-14,25H,12H2,1H3,(H3,20,21,24). The summed E-state index contributed by atoms with van der Waals surface area (Å²) in [5.74, 6) is 5.75. The number of para-hydroxylation sites is 1. The van der Waals surface area contributed by atoms with Gasteiger partial charge in [-0.3, -0.25) is 10.0 Å². The Morgan fingerprint density at radius 2 is 1.88 bits per heavy atom. The van der Waals surface area contributed by atoms with E-state index in [4.69, 9.17) is 10.5 Å². The van der Waals surface area contributed by atoms with Crippen molar-refractivity contribution in [3.05, 3.63) is 60.2 Å². The summed E-state index contributed by atoms with van der Waals surface area (Å²) in [6, 6.07) is 14.4. The van der Waals surface area contributed by atoms with Crippen LogP contribution in [0, 0.1) is 11.8 Å². The number of nitrogens with zero attached hydrogens (tertiary/aromatic N) is 1. The number of rotatable bonds is 5. The number of hydrogen-bond donors (Lipinski definition) is 3. The van der Waals surface area contributed by atoms with Crippen LogP contribution in [0.1, 0.15) is 17.3 Å². The maximum Gasteiger partial charge on any atom is 0.313 e. The highest BCUT2D eigenvalue weighted by Crippen LogP contribution is 2.22. The van der Waals surface area contributed by atoms with Gasteiger partial charge >= 0.3 is 6.03 Å². The lowest BCUT2D eigenvalue weighted by Crippen LogP contribution is -2.36. The zero-order valence-electron chi connectivity index (χ0n) is 14.2. The van der Waals surface area contributed by atoms with Crippen molar-refractivity contribution in [1.29, 1.82) is 0 Å². The zero-order chi connectivity index (χ0) is 18.9. The monoisotopic (exact) mass is 353 g/mol. The van der Waals surface area contributed by atoms with Crippen LogP contribution in [0.2, 0.25) is 0 Å². The number of amides is 3. The molecule has 0 saturated heterocycles. The summed E-state index contributed by atoms with van der Waals surface area (Å²) in [6.45, 7) is 1.42. The fourth-order valence-corrected chi connectivity index (χ4v) is 2.06. The number of benzene rings is 2. The third-order valence-corrected chi connectivity index (χ3v) is 3.20. The van der Waals surface area contributed by atoms with Gasteiger partial charge in [0.2, 0.25) is 0 Å². The second-order valence-corrected chi connectivity index (χ2v) is 5.36. The number of hydroxylamine groups is 2. The molecule has 7 heteroatoms. The van der Waals surface area contributed by atoms with E-state index >= 15 is 0 Å². The molecule has 1 atom stereocenters. The van der Waals surface area contributed by atoms with E-state index in [0.717, 1.165) is 0 Å². The molecule has 134 valence electrons. The Morgan fingerprint density at radius 3 is 2.58 bits per heavy atom. The van der Waals surface area contributed by atoms with Crippen LogP contribution >= 0.6 is 0 Å². The van der Waals surface area contributed by atoms with E-state index in [1.165, 1.54) is 6.07 Å². The molecule has 0 aromatic heterocycles. The van der Waals surface area contributed by atoms with Crippen molar-refractivity contribution >= 4 is 11.9 Å². The van der Waals surface area contributed by atoms with Crippen molar-refractivity contribution in [2.75, 3.05) is 6.54 Å². The lowest BCUT2D eigenvalue weighted by molar-refractivity contribution is -0.0479. The largest absolute Gasteiger partial charge is 0.457 e. The fraction of sp³-hybridized carbons (Fsp3) is 0.158. The molecule has 0 fully saturated rings. The second kappa shape index (κ2) is 9.11. The first-order valence-corrected chi connectivity index (χ1v) is 7.84. The Balaban J connectivity index is 1.99. The van der Waals surface area contributed by atoms with Crippen molar-refractivity contribution in [3.63, 3.8) is 0 Å². The van der Waals surface area contributed by atoms with Gasteiger partial charge in [-0.05, 0) is 37.3 Å². The Morgan fingerprint density at radius 1 is 1.19 bits per heavy atom. The van der Waals surface area contributed by atoms with E-state index in [9.17, 15) is 14.8 Å². The van der Waals surface area contributed by atoms with Crippen LogP contribution in [0.15, 0.2) is 54.6 Å². The summed E-state index contributed by atoms with van der Waals surface area (Å²) < 4.78 is 5.67. The molecule has 2 aromatic rings. The number of carbonyl (C=O) groups excluding carboxylic acids is 2. The van der Waals surface area contributed by atoms with E-state index in [2.05, 4.69) is 17.2 Å². The summed E-state index contributed by atoms with van der Waals surface area (Å²) in [7, 11) is 0.